The van der Waals surface area contributed by atoms with Gasteiger partial charge in [-0.15, -0.1) is 0 Å². The van der Waals surface area contributed by atoms with Gasteiger partial charge in [-0.3, -0.25) is 9.36 Å². The van der Waals surface area contributed by atoms with E-state index in [4.69, 9.17) is 18.5 Å². The molecule has 0 heterocycles. The monoisotopic (exact) mass is 982 g/mol. The number of quaternary nitrogens is 1. The summed E-state index contributed by atoms with van der Waals surface area (Å²) in [6.07, 6.45) is 72.7. The lowest BCUT2D eigenvalue weighted by Crippen LogP contribution is -2.37. The summed E-state index contributed by atoms with van der Waals surface area (Å²) in [5.41, 5.74) is 0. The van der Waals surface area contributed by atoms with Crippen molar-refractivity contribution < 1.29 is 37.3 Å². The summed E-state index contributed by atoms with van der Waals surface area (Å²) in [6.45, 7) is 5.18. The normalized spacial score (nSPS) is 14.3. The lowest BCUT2D eigenvalue weighted by molar-refractivity contribution is -0.870. The summed E-state index contributed by atoms with van der Waals surface area (Å²) in [5, 5.41) is 0. The molecular formula is C60H104NO7P. The molecule has 0 aromatic rings. The van der Waals surface area contributed by atoms with Crippen LogP contribution >= 0.6 is 7.82 Å². The van der Waals surface area contributed by atoms with Crippen LogP contribution in [-0.2, 0) is 27.9 Å². The molecule has 0 aliphatic rings. The smallest absolute Gasteiger partial charge is 0.306 e. The Hall–Kier alpha value is -2.84. The highest BCUT2D eigenvalue weighted by atomic mass is 31.2. The summed E-state index contributed by atoms with van der Waals surface area (Å²) >= 11 is 0. The molecule has 0 N–H and O–H groups in total. The standard InChI is InChI=1S/C60H104NO7P/c1-6-8-10-12-14-16-18-20-22-24-26-28-30-31-32-33-35-37-39-41-43-45-47-49-51-53-60(62)68-59(58-67-69(63,64)66-56-54-61(3,4)5)57-65-55-52-50-48-46-44-42-40-38-36-34-29-27-25-23-21-19-17-15-13-11-9-7-2/h9,11,15,17-18,20-21,23-24,26-27,29-31,36,38,42,44,59H,6-8,10,12-14,16,19,22,25,28,32-35,37,39-41,43,45-58H2,1-5H3/b11-9-,17-15-,20-18-,23-21-,26-24-,29-27-,31-30-,38-36-,44-42-. The summed E-state index contributed by atoms with van der Waals surface area (Å²) < 4.78 is 34.8. The number of allylic oxidation sites excluding steroid dienone is 18. The van der Waals surface area contributed by atoms with Crippen LogP contribution in [0, 0.1) is 0 Å². The van der Waals surface area contributed by atoms with Crippen molar-refractivity contribution in [3.05, 3.63) is 109 Å². The van der Waals surface area contributed by atoms with Gasteiger partial charge >= 0.3 is 5.97 Å². The van der Waals surface area contributed by atoms with Crippen molar-refractivity contribution in [3.8, 4) is 0 Å². The van der Waals surface area contributed by atoms with Crippen LogP contribution in [0.3, 0.4) is 0 Å². The van der Waals surface area contributed by atoms with Gasteiger partial charge in [0, 0.05) is 13.0 Å². The van der Waals surface area contributed by atoms with Crippen LogP contribution < -0.4 is 4.89 Å². The van der Waals surface area contributed by atoms with Crippen LogP contribution in [0.1, 0.15) is 206 Å². The van der Waals surface area contributed by atoms with Crippen molar-refractivity contribution in [1.82, 2.24) is 0 Å². The van der Waals surface area contributed by atoms with Crippen LogP contribution in [0.4, 0.5) is 0 Å². The molecule has 0 saturated heterocycles. The van der Waals surface area contributed by atoms with Crippen LogP contribution in [0.5, 0.6) is 0 Å². The lowest BCUT2D eigenvalue weighted by Gasteiger charge is -2.28. The molecule has 0 fully saturated rings. The minimum absolute atomic E-state index is 0.0121. The number of hydrogen-bond acceptors (Lipinski definition) is 7. The van der Waals surface area contributed by atoms with Crippen molar-refractivity contribution in [1.29, 1.82) is 0 Å². The van der Waals surface area contributed by atoms with Crippen LogP contribution in [0.15, 0.2) is 109 Å². The fourth-order valence-corrected chi connectivity index (χ4v) is 7.81. The molecule has 0 aromatic heterocycles. The van der Waals surface area contributed by atoms with Gasteiger partial charge in [-0.2, -0.15) is 0 Å². The molecule has 0 aliphatic carbocycles. The molecule has 8 nitrogen and oxygen atoms in total. The summed E-state index contributed by atoms with van der Waals surface area (Å²) in [6, 6.07) is 0. The van der Waals surface area contributed by atoms with Gasteiger partial charge in [0.25, 0.3) is 7.82 Å². The van der Waals surface area contributed by atoms with Crippen molar-refractivity contribution in [2.75, 3.05) is 54.1 Å². The Bertz CT molecular complexity index is 1470. The maximum atomic E-state index is 12.8. The third-order valence-electron chi connectivity index (χ3n) is 11.3. The Balaban J connectivity index is 4.21. The Labute approximate surface area is 425 Å². The highest BCUT2D eigenvalue weighted by Gasteiger charge is 2.20. The zero-order valence-electron chi connectivity index (χ0n) is 45.0. The van der Waals surface area contributed by atoms with E-state index >= 15 is 0 Å². The number of rotatable bonds is 50. The molecule has 9 heteroatoms. The third-order valence-corrected chi connectivity index (χ3v) is 12.3. The average Bonchev–Trinajstić information content (AvgIpc) is 3.31. The van der Waals surface area contributed by atoms with Crippen molar-refractivity contribution in [2.45, 2.75) is 213 Å². The van der Waals surface area contributed by atoms with Crippen LogP contribution in [0.2, 0.25) is 0 Å². The first-order valence-electron chi connectivity index (χ1n) is 27.6. The predicted octanol–water partition coefficient (Wildman–Crippen LogP) is 16.9. The SMILES string of the molecule is CC/C=C\C/C=C\C/C=C\C/C=C\C/C=C\C/C=C\CCCCCOCC(COP(=O)([O-])OCC[N+](C)(C)C)OC(=O)CCCCCCCCCCCC/C=C\C/C=C\C/C=C\CCCCCCC. The molecule has 0 saturated carbocycles. The number of carbonyl (C=O) groups excluding carboxylic acids is 1. The average molecular weight is 982 g/mol. The van der Waals surface area contributed by atoms with Crippen molar-refractivity contribution in [3.63, 3.8) is 0 Å². The van der Waals surface area contributed by atoms with Crippen molar-refractivity contribution >= 4 is 13.8 Å². The van der Waals surface area contributed by atoms with E-state index < -0.39 is 13.9 Å². The summed E-state index contributed by atoms with van der Waals surface area (Å²) in [7, 11) is 1.31. The zero-order valence-corrected chi connectivity index (χ0v) is 45.9. The fourth-order valence-electron chi connectivity index (χ4n) is 7.09. The molecule has 0 spiro atoms. The number of esters is 1. The molecule has 0 aliphatic heterocycles. The number of hydrogen-bond donors (Lipinski definition) is 0. The minimum atomic E-state index is -4.55. The highest BCUT2D eigenvalue weighted by Crippen LogP contribution is 2.38. The van der Waals surface area contributed by atoms with E-state index in [0.29, 0.717) is 24.1 Å². The molecule has 2 unspecified atom stereocenters. The van der Waals surface area contributed by atoms with Gasteiger partial charge in [0.15, 0.2) is 0 Å². The zero-order chi connectivity index (χ0) is 50.5. The number of phosphoric acid groups is 1. The Morgan fingerprint density at radius 2 is 0.841 bits per heavy atom. The molecule has 396 valence electrons. The Kier molecular flexibility index (Phi) is 49.4. The van der Waals surface area contributed by atoms with E-state index in [2.05, 4.69) is 123 Å². The van der Waals surface area contributed by atoms with Crippen LogP contribution in [-0.4, -0.2) is 70.7 Å². The molecular weight excluding hydrogens is 878 g/mol. The fraction of sp³-hybridized carbons (Fsp3) is 0.683. The van der Waals surface area contributed by atoms with Gasteiger partial charge in [0.05, 0.1) is 34.4 Å². The number of nitrogens with zero attached hydrogens (tertiary/aromatic N) is 1. The molecule has 0 aromatic carbocycles. The van der Waals surface area contributed by atoms with E-state index in [1.54, 1.807) is 0 Å². The van der Waals surface area contributed by atoms with Gasteiger partial charge in [0.2, 0.25) is 0 Å². The molecule has 0 bridgehead atoms. The quantitative estimate of drug-likeness (QED) is 0.0197. The first kappa shape index (κ1) is 66.2. The number of carbonyl (C=O) groups is 1. The maximum Gasteiger partial charge on any atom is 0.306 e. The predicted molar refractivity (Wildman–Crippen MR) is 295 cm³/mol. The van der Waals surface area contributed by atoms with E-state index in [1.165, 1.54) is 89.9 Å². The van der Waals surface area contributed by atoms with Gasteiger partial charge in [-0.05, 0) is 103 Å². The summed E-state index contributed by atoms with van der Waals surface area (Å²) in [5.74, 6) is -0.354. The molecule has 69 heavy (non-hydrogen) atoms. The largest absolute Gasteiger partial charge is 0.756 e. The first-order chi connectivity index (χ1) is 33.6. The number of ether oxygens (including phenoxy) is 2. The minimum Gasteiger partial charge on any atom is -0.756 e. The molecule has 2 atom stereocenters. The molecule has 0 amide bonds. The lowest BCUT2D eigenvalue weighted by atomic mass is 10.0. The third kappa shape index (κ3) is 56.0. The van der Waals surface area contributed by atoms with Gasteiger partial charge in [-0.1, -0.05) is 207 Å². The van der Waals surface area contributed by atoms with E-state index in [-0.39, 0.29) is 25.8 Å². The first-order valence-corrected chi connectivity index (χ1v) is 29.1. The topological polar surface area (TPSA) is 94.1 Å². The van der Waals surface area contributed by atoms with Gasteiger partial charge in [0.1, 0.15) is 19.3 Å². The molecule has 0 rings (SSSR count). The number of phosphoric ester groups is 1. The Morgan fingerprint density at radius 3 is 1.26 bits per heavy atom. The van der Waals surface area contributed by atoms with E-state index in [1.807, 2.05) is 21.1 Å². The number of likely N-dealkylation sites (N-methyl/N-ethyl adjacent to an activating group) is 1. The second-order valence-electron chi connectivity index (χ2n) is 19.2. The van der Waals surface area contributed by atoms with Crippen LogP contribution in [0.25, 0.3) is 0 Å². The maximum absolute atomic E-state index is 12.8. The van der Waals surface area contributed by atoms with Gasteiger partial charge < -0.3 is 27.9 Å². The molecule has 0 radical (unpaired) electrons. The van der Waals surface area contributed by atoms with E-state index in [9.17, 15) is 14.3 Å². The van der Waals surface area contributed by atoms with E-state index in [0.717, 1.165) is 96.3 Å². The second kappa shape index (κ2) is 51.5. The Morgan fingerprint density at radius 1 is 0.464 bits per heavy atom. The second-order valence-corrected chi connectivity index (χ2v) is 20.6. The van der Waals surface area contributed by atoms with Crippen molar-refractivity contribution in [2.24, 2.45) is 0 Å². The summed E-state index contributed by atoms with van der Waals surface area (Å²) in [4.78, 5) is 25.2. The highest BCUT2D eigenvalue weighted by molar-refractivity contribution is 7.45. The number of unbranched alkanes of at least 4 members (excludes halogenated alkanes) is 18. The van der Waals surface area contributed by atoms with Gasteiger partial charge in [-0.25, -0.2) is 0 Å².